The van der Waals surface area contributed by atoms with E-state index in [0.29, 0.717) is 11.5 Å². The van der Waals surface area contributed by atoms with E-state index in [9.17, 15) is 4.39 Å². The zero-order valence-electron chi connectivity index (χ0n) is 30.3. The normalized spacial score (nSPS) is 12.3. The van der Waals surface area contributed by atoms with Crippen molar-refractivity contribution in [2.75, 3.05) is 9.80 Å². The molecular formula is C47H36FN4OPt-3. The molecule has 3 heterocycles. The van der Waals surface area contributed by atoms with Crippen LogP contribution < -0.4 is 14.5 Å². The monoisotopic (exact) mass is 886 g/mol. The first-order valence-corrected chi connectivity index (χ1v) is 17.9. The van der Waals surface area contributed by atoms with Crippen molar-refractivity contribution in [3.05, 3.63) is 174 Å². The Morgan fingerprint density at radius 2 is 1.48 bits per heavy atom. The summed E-state index contributed by atoms with van der Waals surface area (Å²) < 4.78 is 23.4. The first-order valence-electron chi connectivity index (χ1n) is 17.9. The van der Waals surface area contributed by atoms with Gasteiger partial charge in [-0.3, -0.25) is 0 Å². The summed E-state index contributed by atoms with van der Waals surface area (Å²) in [5.74, 6) is 1.67. The number of halogens is 1. The Morgan fingerprint density at radius 3 is 2.26 bits per heavy atom. The van der Waals surface area contributed by atoms with Gasteiger partial charge in [-0.2, -0.15) is 6.07 Å². The number of hydrogen-bond donors (Lipinski definition) is 0. The van der Waals surface area contributed by atoms with Crippen molar-refractivity contribution in [1.82, 2.24) is 9.55 Å². The standard InChI is InChI=1S/C47H36FN4O.Pt/c1-5-33-19-20-49-46(23-33)52-42-14-7-6-13-40(42)41-18-17-38(28-45(41)52)53-39-25-34(47-31(3)21-30(2)22-32(47)4)24-37(27-39)51-29-50(36-12-10-11-35(48)26-36)43-15-8-9-16-44(43)51;/h6-26,29H,5H2,1-4H3;/q-3;. The molecule has 0 amide bonds. The predicted octanol–water partition coefficient (Wildman–Crippen LogP) is 12.3. The average Bonchev–Trinajstić information content (AvgIpc) is 3.71. The van der Waals surface area contributed by atoms with Crippen LogP contribution in [0, 0.1) is 45.4 Å². The number of benzene rings is 6. The molecular weight excluding hydrogens is 851 g/mol. The summed E-state index contributed by atoms with van der Waals surface area (Å²) in [6, 6.07) is 47.2. The Kier molecular flexibility index (Phi) is 9.33. The van der Waals surface area contributed by atoms with Crippen molar-refractivity contribution in [2.24, 2.45) is 0 Å². The van der Waals surface area contributed by atoms with Crippen molar-refractivity contribution in [2.45, 2.75) is 34.1 Å². The molecule has 54 heavy (non-hydrogen) atoms. The molecule has 0 N–H and O–H groups in total. The van der Waals surface area contributed by atoms with Gasteiger partial charge in [0.15, 0.2) is 0 Å². The molecule has 6 aromatic carbocycles. The minimum atomic E-state index is -0.289. The quantitative estimate of drug-likeness (QED) is 0.149. The predicted molar refractivity (Wildman–Crippen MR) is 213 cm³/mol. The zero-order chi connectivity index (χ0) is 36.2. The largest absolute Gasteiger partial charge is 0.509 e. The number of anilines is 4. The number of aryl methyl sites for hydroxylation is 4. The van der Waals surface area contributed by atoms with Crippen LogP contribution in [0.1, 0.15) is 29.2 Å². The summed E-state index contributed by atoms with van der Waals surface area (Å²) in [4.78, 5) is 8.87. The van der Waals surface area contributed by atoms with Crippen LogP contribution in [-0.2, 0) is 27.5 Å². The van der Waals surface area contributed by atoms with Crippen molar-refractivity contribution in [3.8, 4) is 28.4 Å². The maximum Gasteiger partial charge on any atom is 0.135 e. The van der Waals surface area contributed by atoms with Gasteiger partial charge in [0, 0.05) is 61.3 Å². The van der Waals surface area contributed by atoms with Crippen LogP contribution in [0.25, 0.3) is 38.8 Å². The number of para-hydroxylation sites is 3. The molecule has 0 atom stereocenters. The van der Waals surface area contributed by atoms with E-state index in [2.05, 4.69) is 122 Å². The molecule has 1 aliphatic rings. The Bertz CT molecular complexity index is 2680. The molecule has 8 aromatic rings. The van der Waals surface area contributed by atoms with Gasteiger partial charge in [-0.25, -0.2) is 9.37 Å². The molecule has 0 aliphatic carbocycles. The second-order valence-corrected chi connectivity index (χ2v) is 13.6. The topological polar surface area (TPSA) is 33.5 Å². The van der Waals surface area contributed by atoms with Crippen LogP contribution in [0.3, 0.4) is 0 Å². The van der Waals surface area contributed by atoms with E-state index in [4.69, 9.17) is 9.72 Å². The molecule has 5 nitrogen and oxygen atoms in total. The summed E-state index contributed by atoms with van der Waals surface area (Å²) in [5, 5.41) is 2.20. The number of aromatic nitrogens is 2. The summed E-state index contributed by atoms with van der Waals surface area (Å²) in [5.41, 5.74) is 12.3. The van der Waals surface area contributed by atoms with E-state index in [0.717, 1.165) is 67.9 Å². The Labute approximate surface area is 329 Å². The van der Waals surface area contributed by atoms with E-state index >= 15 is 0 Å². The first kappa shape index (κ1) is 35.3. The third kappa shape index (κ3) is 6.25. The Balaban J connectivity index is 0.00000413. The fourth-order valence-corrected chi connectivity index (χ4v) is 7.72. The number of pyridine rings is 1. The zero-order valence-corrected chi connectivity index (χ0v) is 32.6. The molecule has 0 spiro atoms. The maximum atomic E-state index is 14.4. The number of hydrogen-bond acceptors (Lipinski definition) is 4. The summed E-state index contributed by atoms with van der Waals surface area (Å²) in [6.45, 7) is 10.6. The summed E-state index contributed by atoms with van der Waals surface area (Å²) in [7, 11) is 0. The molecule has 270 valence electrons. The summed E-state index contributed by atoms with van der Waals surface area (Å²) >= 11 is 0. The van der Waals surface area contributed by atoms with Gasteiger partial charge in [-0.15, -0.1) is 53.6 Å². The molecule has 9 rings (SSSR count). The van der Waals surface area contributed by atoms with Crippen LogP contribution in [0.15, 0.2) is 128 Å². The molecule has 0 unspecified atom stereocenters. The number of fused-ring (bicyclic) bond motifs is 4. The van der Waals surface area contributed by atoms with Crippen LogP contribution in [0.2, 0.25) is 0 Å². The number of ether oxygens (including phenoxy) is 1. The van der Waals surface area contributed by atoms with Crippen molar-refractivity contribution < 1.29 is 30.2 Å². The van der Waals surface area contributed by atoms with Gasteiger partial charge < -0.3 is 19.1 Å². The minimum Gasteiger partial charge on any atom is -0.509 e. The second kappa shape index (κ2) is 14.3. The SMILES string of the molecule is CCc1ccnc(-n2c3[c-]c(Oc4[c-]c(N5[CH-]N(c6cccc(F)c6)c6ccccc65)cc(-c5c(C)cc(C)cc5C)c4)ccc3c3ccccc32)c1.[Pt]. The van der Waals surface area contributed by atoms with E-state index < -0.39 is 0 Å². The van der Waals surface area contributed by atoms with Crippen LogP contribution in [0.5, 0.6) is 11.5 Å². The molecule has 0 saturated heterocycles. The van der Waals surface area contributed by atoms with Gasteiger partial charge in [0.25, 0.3) is 0 Å². The van der Waals surface area contributed by atoms with E-state index in [-0.39, 0.29) is 26.9 Å². The van der Waals surface area contributed by atoms with Crippen molar-refractivity contribution in [3.63, 3.8) is 0 Å². The van der Waals surface area contributed by atoms with Gasteiger partial charge in [0.1, 0.15) is 11.6 Å². The fourth-order valence-electron chi connectivity index (χ4n) is 7.72. The third-order valence-electron chi connectivity index (χ3n) is 10.00. The molecule has 1 aliphatic heterocycles. The van der Waals surface area contributed by atoms with Gasteiger partial charge in [0.05, 0.1) is 0 Å². The molecule has 0 fully saturated rings. The molecule has 0 radical (unpaired) electrons. The van der Waals surface area contributed by atoms with Gasteiger partial charge in [-0.05, 0) is 103 Å². The number of nitrogens with zero attached hydrogens (tertiary/aromatic N) is 4. The molecule has 0 bridgehead atoms. The van der Waals surface area contributed by atoms with Crippen LogP contribution in [0.4, 0.5) is 27.1 Å². The molecule has 0 saturated carbocycles. The van der Waals surface area contributed by atoms with Crippen molar-refractivity contribution in [1.29, 1.82) is 0 Å². The van der Waals surface area contributed by atoms with Crippen LogP contribution >= 0.6 is 0 Å². The fraction of sp³-hybridized carbons (Fsp3) is 0.106. The van der Waals surface area contributed by atoms with Crippen LogP contribution in [-0.4, -0.2) is 9.55 Å². The molecule has 2 aromatic heterocycles. The van der Waals surface area contributed by atoms with Gasteiger partial charge in [0.2, 0.25) is 0 Å². The second-order valence-electron chi connectivity index (χ2n) is 13.6. The van der Waals surface area contributed by atoms with Gasteiger partial charge >= 0.3 is 0 Å². The third-order valence-corrected chi connectivity index (χ3v) is 10.00. The van der Waals surface area contributed by atoms with E-state index in [1.807, 2.05) is 48.1 Å². The van der Waals surface area contributed by atoms with Gasteiger partial charge in [-0.1, -0.05) is 66.5 Å². The number of rotatable bonds is 7. The summed E-state index contributed by atoms with van der Waals surface area (Å²) in [6.07, 6.45) is 2.78. The Morgan fingerprint density at radius 1 is 0.722 bits per heavy atom. The molecule has 7 heteroatoms. The Hall–Kier alpha value is -5.71. The average molecular weight is 887 g/mol. The smallest absolute Gasteiger partial charge is 0.135 e. The first-order chi connectivity index (χ1) is 25.8. The van der Waals surface area contributed by atoms with Crippen molar-refractivity contribution >= 4 is 44.6 Å². The van der Waals surface area contributed by atoms with E-state index in [1.54, 1.807) is 12.1 Å². The maximum absolute atomic E-state index is 14.4. The minimum absolute atomic E-state index is 0. The van der Waals surface area contributed by atoms with E-state index in [1.165, 1.54) is 28.3 Å².